The summed E-state index contributed by atoms with van der Waals surface area (Å²) in [6.07, 6.45) is 1.31. The van der Waals surface area contributed by atoms with E-state index in [0.29, 0.717) is 5.56 Å². The first-order valence-electron chi connectivity index (χ1n) is 5.70. The second kappa shape index (κ2) is 5.76. The summed E-state index contributed by atoms with van der Waals surface area (Å²) in [7, 11) is 0. The summed E-state index contributed by atoms with van der Waals surface area (Å²) < 4.78 is 5.35. The number of carboxylic acid groups (broad SMARTS) is 1. The molecule has 0 spiro atoms. The number of hydrogen-bond acceptors (Lipinski definition) is 5. The molecule has 0 atom stereocenters. The molecule has 108 valence electrons. The molecule has 0 unspecified atom stereocenters. The maximum atomic E-state index is 10.8. The van der Waals surface area contributed by atoms with Gasteiger partial charge in [0.25, 0.3) is 5.69 Å². The molecule has 0 aliphatic heterocycles. The van der Waals surface area contributed by atoms with Crippen molar-refractivity contribution < 1.29 is 19.6 Å². The van der Waals surface area contributed by atoms with E-state index in [1.807, 2.05) is 0 Å². The van der Waals surface area contributed by atoms with Crippen LogP contribution in [0.2, 0.25) is 5.02 Å². The van der Waals surface area contributed by atoms with E-state index >= 15 is 0 Å². The molecule has 7 nitrogen and oxygen atoms in total. The molecule has 0 aliphatic rings. The zero-order chi connectivity index (χ0) is 15.6. The van der Waals surface area contributed by atoms with Gasteiger partial charge in [-0.15, -0.1) is 0 Å². The molecule has 0 radical (unpaired) electrons. The fourth-order valence-electron chi connectivity index (χ4n) is 1.58. The van der Waals surface area contributed by atoms with Crippen LogP contribution in [0.4, 0.5) is 5.69 Å². The topological polar surface area (TPSA) is 103 Å². The van der Waals surface area contributed by atoms with Crippen LogP contribution in [-0.4, -0.2) is 21.0 Å². The number of nitrogens with zero attached hydrogens (tertiary/aromatic N) is 2. The highest BCUT2D eigenvalue weighted by molar-refractivity contribution is 6.32. The van der Waals surface area contributed by atoms with E-state index in [0.717, 1.165) is 0 Å². The van der Waals surface area contributed by atoms with Crippen molar-refractivity contribution in [2.45, 2.75) is 6.92 Å². The quantitative estimate of drug-likeness (QED) is 0.685. The second-order valence-electron chi connectivity index (χ2n) is 4.12. The Bertz CT molecular complexity index is 732. The largest absolute Gasteiger partial charge is 0.478 e. The molecule has 0 fully saturated rings. The highest BCUT2D eigenvalue weighted by Gasteiger charge is 2.15. The third kappa shape index (κ3) is 3.26. The van der Waals surface area contributed by atoms with Crippen LogP contribution in [0.1, 0.15) is 15.9 Å². The van der Waals surface area contributed by atoms with Crippen molar-refractivity contribution in [3.05, 3.63) is 56.7 Å². The first-order valence-corrected chi connectivity index (χ1v) is 6.08. The van der Waals surface area contributed by atoms with Crippen LogP contribution in [0.15, 0.2) is 30.5 Å². The number of rotatable bonds is 4. The van der Waals surface area contributed by atoms with Crippen LogP contribution < -0.4 is 4.74 Å². The van der Waals surface area contributed by atoms with E-state index in [9.17, 15) is 14.9 Å². The summed E-state index contributed by atoms with van der Waals surface area (Å²) in [6, 6.07) is 5.07. The summed E-state index contributed by atoms with van der Waals surface area (Å²) >= 11 is 5.91. The molecule has 8 heteroatoms. The predicted molar refractivity (Wildman–Crippen MR) is 74.1 cm³/mol. The summed E-state index contributed by atoms with van der Waals surface area (Å²) in [4.78, 5) is 25.0. The Hall–Kier alpha value is -2.67. The predicted octanol–water partition coefficient (Wildman–Crippen LogP) is 3.44. The minimum atomic E-state index is -1.12. The van der Waals surface area contributed by atoms with Gasteiger partial charge in [0.05, 0.1) is 21.6 Å². The van der Waals surface area contributed by atoms with E-state index in [1.54, 1.807) is 6.92 Å². The molecule has 21 heavy (non-hydrogen) atoms. The van der Waals surface area contributed by atoms with Crippen LogP contribution in [0.5, 0.6) is 11.6 Å². The standard InChI is InChI=1S/C13H9ClN2O5/c1-7-6-15-12(5-10(7)16(19)20)21-11-3-2-8(13(17)18)4-9(11)14/h2-6H,1H3,(H,17,18). The number of ether oxygens (including phenoxy) is 1. The normalized spacial score (nSPS) is 10.2. The maximum Gasteiger partial charge on any atom is 0.335 e. The molecule has 0 bridgehead atoms. The molecule has 0 aliphatic carbocycles. The Morgan fingerprint density at radius 1 is 1.43 bits per heavy atom. The Balaban J connectivity index is 2.32. The third-order valence-electron chi connectivity index (χ3n) is 2.64. The smallest absolute Gasteiger partial charge is 0.335 e. The number of aromatic nitrogens is 1. The lowest BCUT2D eigenvalue weighted by atomic mass is 10.2. The van der Waals surface area contributed by atoms with Crippen molar-refractivity contribution in [1.82, 2.24) is 4.98 Å². The van der Waals surface area contributed by atoms with E-state index in [4.69, 9.17) is 21.4 Å². The van der Waals surface area contributed by atoms with Gasteiger partial charge in [-0.1, -0.05) is 11.6 Å². The molecule has 1 aromatic carbocycles. The molecule has 1 N–H and O–H groups in total. The number of benzene rings is 1. The molecule has 0 amide bonds. The number of aromatic carboxylic acids is 1. The fourth-order valence-corrected chi connectivity index (χ4v) is 1.80. The van der Waals surface area contributed by atoms with Crippen molar-refractivity contribution in [3.8, 4) is 11.6 Å². The van der Waals surface area contributed by atoms with Crippen molar-refractivity contribution in [2.75, 3.05) is 0 Å². The average Bonchev–Trinajstić information content (AvgIpc) is 2.42. The Morgan fingerprint density at radius 3 is 2.71 bits per heavy atom. The van der Waals surface area contributed by atoms with Gasteiger partial charge in [0.2, 0.25) is 5.88 Å². The van der Waals surface area contributed by atoms with Gasteiger partial charge >= 0.3 is 5.97 Å². The van der Waals surface area contributed by atoms with Gasteiger partial charge < -0.3 is 9.84 Å². The second-order valence-corrected chi connectivity index (χ2v) is 4.53. The average molecular weight is 309 g/mol. The van der Waals surface area contributed by atoms with Crippen LogP contribution in [0.3, 0.4) is 0 Å². The van der Waals surface area contributed by atoms with Gasteiger partial charge in [0, 0.05) is 11.8 Å². The van der Waals surface area contributed by atoms with E-state index in [1.165, 1.54) is 30.5 Å². The minimum Gasteiger partial charge on any atom is -0.478 e. The van der Waals surface area contributed by atoms with Crippen LogP contribution in [-0.2, 0) is 0 Å². The van der Waals surface area contributed by atoms with Crippen molar-refractivity contribution >= 4 is 23.3 Å². The van der Waals surface area contributed by atoms with Gasteiger partial charge in [0.1, 0.15) is 5.75 Å². The van der Waals surface area contributed by atoms with E-state index in [-0.39, 0.29) is 27.9 Å². The first-order chi connectivity index (χ1) is 9.88. The summed E-state index contributed by atoms with van der Waals surface area (Å²) in [5.74, 6) is -0.961. The van der Waals surface area contributed by atoms with Gasteiger partial charge in [-0.05, 0) is 25.1 Å². The Morgan fingerprint density at radius 2 is 2.14 bits per heavy atom. The molecule has 2 rings (SSSR count). The zero-order valence-electron chi connectivity index (χ0n) is 10.7. The highest BCUT2D eigenvalue weighted by atomic mass is 35.5. The number of carboxylic acids is 1. The molecule has 0 saturated carbocycles. The number of nitro groups is 1. The molecular formula is C13H9ClN2O5. The van der Waals surface area contributed by atoms with Crippen LogP contribution in [0.25, 0.3) is 0 Å². The van der Waals surface area contributed by atoms with E-state index in [2.05, 4.69) is 4.98 Å². The SMILES string of the molecule is Cc1cnc(Oc2ccc(C(=O)O)cc2Cl)cc1[N+](=O)[O-]. The number of halogens is 1. The lowest BCUT2D eigenvalue weighted by Crippen LogP contribution is -1.98. The van der Waals surface area contributed by atoms with Crippen LogP contribution >= 0.6 is 11.6 Å². The lowest BCUT2D eigenvalue weighted by Gasteiger charge is -2.07. The minimum absolute atomic E-state index is 0.00252. The lowest BCUT2D eigenvalue weighted by molar-refractivity contribution is -0.385. The zero-order valence-corrected chi connectivity index (χ0v) is 11.5. The molecule has 1 heterocycles. The summed E-state index contributed by atoms with van der Waals surface area (Å²) in [5.41, 5.74) is 0.285. The number of pyridine rings is 1. The number of aryl methyl sites for hydroxylation is 1. The molecule has 1 aromatic heterocycles. The Kier molecular flexibility index (Phi) is 4.04. The molecule has 2 aromatic rings. The summed E-state index contributed by atoms with van der Waals surface area (Å²) in [5, 5.41) is 19.7. The van der Waals surface area contributed by atoms with Gasteiger partial charge in [-0.2, -0.15) is 0 Å². The first kappa shape index (κ1) is 14.7. The van der Waals surface area contributed by atoms with Crippen molar-refractivity contribution in [3.63, 3.8) is 0 Å². The maximum absolute atomic E-state index is 10.8. The van der Waals surface area contributed by atoms with Gasteiger partial charge in [-0.3, -0.25) is 10.1 Å². The third-order valence-corrected chi connectivity index (χ3v) is 2.94. The monoisotopic (exact) mass is 308 g/mol. The number of carbonyl (C=O) groups is 1. The fraction of sp³-hybridized carbons (Fsp3) is 0.0769. The van der Waals surface area contributed by atoms with Crippen molar-refractivity contribution in [1.29, 1.82) is 0 Å². The highest BCUT2D eigenvalue weighted by Crippen LogP contribution is 2.31. The molecule has 0 saturated heterocycles. The summed E-state index contributed by atoms with van der Waals surface area (Å²) in [6.45, 7) is 1.56. The molecular weight excluding hydrogens is 300 g/mol. The van der Waals surface area contributed by atoms with E-state index < -0.39 is 10.9 Å². The van der Waals surface area contributed by atoms with Gasteiger partial charge in [-0.25, -0.2) is 9.78 Å². The number of hydrogen-bond donors (Lipinski definition) is 1. The van der Waals surface area contributed by atoms with Crippen molar-refractivity contribution in [2.24, 2.45) is 0 Å². The van der Waals surface area contributed by atoms with Crippen LogP contribution in [0, 0.1) is 17.0 Å². The Labute approximate surface area is 123 Å². The van der Waals surface area contributed by atoms with Gasteiger partial charge in [0.15, 0.2) is 0 Å².